The van der Waals surface area contributed by atoms with E-state index in [2.05, 4.69) is 15.3 Å². The second-order valence-corrected chi connectivity index (χ2v) is 7.18. The van der Waals surface area contributed by atoms with Crippen LogP contribution in [-0.2, 0) is 11.2 Å². The molecule has 27 heavy (non-hydrogen) atoms. The third-order valence-corrected chi connectivity index (χ3v) is 4.33. The summed E-state index contributed by atoms with van der Waals surface area (Å²) in [7, 11) is 0. The summed E-state index contributed by atoms with van der Waals surface area (Å²) >= 11 is 0. The molecule has 3 rings (SSSR count). The number of hydrogen-bond donors (Lipinski definition) is 1. The largest absolute Gasteiger partial charge is 0.487 e. The van der Waals surface area contributed by atoms with Crippen LogP contribution in [0.3, 0.4) is 0 Å². The van der Waals surface area contributed by atoms with Gasteiger partial charge < -0.3 is 10.1 Å². The number of halogens is 1. The SMILES string of the molecule is Cc1cnc(C)c(-c2cc(F)cc3c2O[C@@H](CNC(=O)/C=C/C(C)C)C3)n1. The number of carbonyl (C=O) groups is 1. The number of nitrogens with one attached hydrogen (secondary N) is 1. The van der Waals surface area contributed by atoms with Crippen molar-refractivity contribution in [2.45, 2.75) is 40.2 Å². The first kappa shape index (κ1) is 19.0. The van der Waals surface area contributed by atoms with Gasteiger partial charge in [-0.1, -0.05) is 19.9 Å². The van der Waals surface area contributed by atoms with Crippen LogP contribution < -0.4 is 10.1 Å². The molecule has 0 unspecified atom stereocenters. The predicted molar refractivity (Wildman–Crippen MR) is 102 cm³/mol. The van der Waals surface area contributed by atoms with Crippen LogP contribution >= 0.6 is 0 Å². The van der Waals surface area contributed by atoms with Crippen LogP contribution in [0.25, 0.3) is 11.3 Å². The van der Waals surface area contributed by atoms with E-state index in [0.717, 1.165) is 11.3 Å². The van der Waals surface area contributed by atoms with Crippen LogP contribution in [0.1, 0.15) is 30.8 Å². The summed E-state index contributed by atoms with van der Waals surface area (Å²) in [5, 5.41) is 2.84. The Labute approximate surface area is 158 Å². The third-order valence-electron chi connectivity index (χ3n) is 4.33. The van der Waals surface area contributed by atoms with Gasteiger partial charge in [-0.2, -0.15) is 0 Å². The lowest BCUT2D eigenvalue weighted by molar-refractivity contribution is -0.116. The number of benzene rings is 1. The van der Waals surface area contributed by atoms with Crippen molar-refractivity contribution in [3.05, 3.63) is 53.3 Å². The van der Waals surface area contributed by atoms with Crippen molar-refractivity contribution < 1.29 is 13.9 Å². The number of ether oxygens (including phenoxy) is 1. The van der Waals surface area contributed by atoms with Gasteiger partial charge in [0.15, 0.2) is 0 Å². The van der Waals surface area contributed by atoms with E-state index in [9.17, 15) is 9.18 Å². The van der Waals surface area contributed by atoms with Gasteiger partial charge in [-0.3, -0.25) is 9.78 Å². The molecule has 6 heteroatoms. The summed E-state index contributed by atoms with van der Waals surface area (Å²) in [6, 6.07) is 2.92. The number of nitrogens with zero attached hydrogens (tertiary/aromatic N) is 2. The fraction of sp³-hybridized carbons (Fsp3) is 0.381. The minimum absolute atomic E-state index is 0.157. The summed E-state index contributed by atoms with van der Waals surface area (Å²) in [5.74, 6) is 0.443. The van der Waals surface area contributed by atoms with E-state index in [-0.39, 0.29) is 17.8 Å². The lowest BCUT2D eigenvalue weighted by atomic mass is 10.0. The van der Waals surface area contributed by atoms with Gasteiger partial charge in [0, 0.05) is 23.7 Å². The van der Waals surface area contributed by atoms with Crippen molar-refractivity contribution in [3.8, 4) is 17.0 Å². The number of allylic oxidation sites excluding steroid dienone is 1. The fourth-order valence-corrected chi connectivity index (χ4v) is 3.03. The van der Waals surface area contributed by atoms with E-state index in [0.29, 0.717) is 41.6 Å². The molecule has 142 valence electrons. The van der Waals surface area contributed by atoms with E-state index in [1.165, 1.54) is 18.2 Å². The highest BCUT2D eigenvalue weighted by Gasteiger charge is 2.28. The van der Waals surface area contributed by atoms with Gasteiger partial charge in [0.1, 0.15) is 17.7 Å². The minimum Gasteiger partial charge on any atom is -0.487 e. The Bertz CT molecular complexity index is 893. The summed E-state index contributed by atoms with van der Waals surface area (Å²) in [5.41, 5.74) is 3.48. The van der Waals surface area contributed by atoms with Gasteiger partial charge in [-0.25, -0.2) is 9.37 Å². The summed E-state index contributed by atoms with van der Waals surface area (Å²) in [6.45, 7) is 8.06. The molecule has 1 aliphatic rings. The maximum absolute atomic E-state index is 14.2. The number of aryl methyl sites for hydroxylation is 2. The van der Waals surface area contributed by atoms with Crippen LogP contribution in [-0.4, -0.2) is 28.5 Å². The molecule has 0 fully saturated rings. The summed E-state index contributed by atoms with van der Waals surface area (Å²) in [6.07, 6.45) is 5.35. The molecular formula is C21H24FN3O2. The van der Waals surface area contributed by atoms with Crippen molar-refractivity contribution in [3.63, 3.8) is 0 Å². The van der Waals surface area contributed by atoms with E-state index in [1.54, 1.807) is 6.20 Å². The normalized spacial score (nSPS) is 15.9. The highest BCUT2D eigenvalue weighted by atomic mass is 19.1. The molecule has 2 aromatic rings. The van der Waals surface area contributed by atoms with Gasteiger partial charge >= 0.3 is 0 Å². The first-order valence-corrected chi connectivity index (χ1v) is 9.09. The minimum atomic E-state index is -0.334. The monoisotopic (exact) mass is 369 g/mol. The number of hydrogen-bond acceptors (Lipinski definition) is 4. The Hall–Kier alpha value is -2.76. The Morgan fingerprint density at radius 1 is 1.41 bits per heavy atom. The topological polar surface area (TPSA) is 64.1 Å². The molecule has 2 heterocycles. The molecule has 1 N–H and O–H groups in total. The highest BCUT2D eigenvalue weighted by molar-refractivity contribution is 5.87. The molecule has 0 spiro atoms. The van der Waals surface area contributed by atoms with E-state index in [4.69, 9.17) is 4.74 Å². The molecule has 1 atom stereocenters. The van der Waals surface area contributed by atoms with Crippen molar-refractivity contribution in [2.75, 3.05) is 6.54 Å². The molecule has 0 saturated carbocycles. The van der Waals surface area contributed by atoms with Crippen molar-refractivity contribution in [1.29, 1.82) is 0 Å². The van der Waals surface area contributed by atoms with Gasteiger partial charge in [0.2, 0.25) is 5.91 Å². The molecular weight excluding hydrogens is 345 g/mol. The van der Waals surface area contributed by atoms with Gasteiger partial charge in [0.25, 0.3) is 0 Å². The summed E-state index contributed by atoms with van der Waals surface area (Å²) in [4.78, 5) is 20.7. The first-order chi connectivity index (χ1) is 12.8. The number of rotatable bonds is 5. The Morgan fingerprint density at radius 3 is 2.93 bits per heavy atom. The van der Waals surface area contributed by atoms with Crippen molar-refractivity contribution >= 4 is 5.91 Å². The van der Waals surface area contributed by atoms with Crippen LogP contribution in [0.15, 0.2) is 30.5 Å². The molecule has 0 bridgehead atoms. The molecule has 1 amide bonds. The van der Waals surface area contributed by atoms with Gasteiger partial charge in [-0.05, 0) is 38.0 Å². The Balaban J connectivity index is 1.79. The number of fused-ring (bicyclic) bond motifs is 1. The molecule has 0 aliphatic carbocycles. The summed E-state index contributed by atoms with van der Waals surface area (Å²) < 4.78 is 20.2. The zero-order valence-electron chi connectivity index (χ0n) is 16.0. The van der Waals surface area contributed by atoms with Crippen molar-refractivity contribution in [1.82, 2.24) is 15.3 Å². The predicted octanol–water partition coefficient (Wildman–Crippen LogP) is 3.53. The highest BCUT2D eigenvalue weighted by Crippen LogP contribution is 2.39. The zero-order chi connectivity index (χ0) is 19.6. The van der Waals surface area contributed by atoms with Crippen LogP contribution in [0.4, 0.5) is 4.39 Å². The smallest absolute Gasteiger partial charge is 0.243 e. The molecule has 1 aliphatic heterocycles. The van der Waals surface area contributed by atoms with Crippen LogP contribution in [0.5, 0.6) is 5.75 Å². The number of amides is 1. The second-order valence-electron chi connectivity index (χ2n) is 7.18. The maximum atomic E-state index is 14.2. The Morgan fingerprint density at radius 2 is 2.19 bits per heavy atom. The zero-order valence-corrected chi connectivity index (χ0v) is 16.0. The Kier molecular flexibility index (Phi) is 5.54. The lowest BCUT2D eigenvalue weighted by Crippen LogP contribution is -2.33. The van der Waals surface area contributed by atoms with E-state index in [1.807, 2.05) is 33.8 Å². The standard InChI is InChI=1S/C21H24FN3O2/c1-12(2)5-6-19(26)24-11-17-8-15-7-16(22)9-18(21(15)27-17)20-14(4)23-10-13(3)25-20/h5-7,9-10,12,17H,8,11H2,1-4H3,(H,24,26)/b6-5+/t17-/m1/s1. The lowest BCUT2D eigenvalue weighted by Gasteiger charge is -2.14. The van der Waals surface area contributed by atoms with Gasteiger partial charge in [-0.15, -0.1) is 0 Å². The van der Waals surface area contributed by atoms with Crippen LogP contribution in [0, 0.1) is 25.6 Å². The molecule has 0 saturated heterocycles. The number of aromatic nitrogens is 2. The molecule has 1 aromatic carbocycles. The quantitative estimate of drug-likeness (QED) is 0.819. The maximum Gasteiger partial charge on any atom is 0.243 e. The van der Waals surface area contributed by atoms with Crippen LogP contribution in [0.2, 0.25) is 0 Å². The average Bonchev–Trinajstić information content (AvgIpc) is 3.02. The third kappa shape index (κ3) is 4.51. The number of carbonyl (C=O) groups excluding carboxylic acids is 1. The van der Waals surface area contributed by atoms with Gasteiger partial charge in [0.05, 0.1) is 23.6 Å². The molecule has 5 nitrogen and oxygen atoms in total. The molecule has 0 radical (unpaired) electrons. The second kappa shape index (κ2) is 7.86. The average molecular weight is 369 g/mol. The van der Waals surface area contributed by atoms with Crippen molar-refractivity contribution in [2.24, 2.45) is 5.92 Å². The molecule has 1 aromatic heterocycles. The van der Waals surface area contributed by atoms with E-state index >= 15 is 0 Å². The first-order valence-electron chi connectivity index (χ1n) is 9.09. The van der Waals surface area contributed by atoms with E-state index < -0.39 is 0 Å². The fourth-order valence-electron chi connectivity index (χ4n) is 3.03.